The van der Waals surface area contributed by atoms with Crippen LogP contribution in [0.1, 0.15) is 44.7 Å². The summed E-state index contributed by atoms with van der Waals surface area (Å²) in [5, 5.41) is 6.16. The van der Waals surface area contributed by atoms with Crippen LogP contribution in [0.25, 0.3) is 21.9 Å². The number of alkyl carbamates (subject to hydrolysis) is 1. The molecule has 2 atom stereocenters. The number of aromatic amines is 1. The Morgan fingerprint density at radius 1 is 0.842 bits per heavy atom. The van der Waals surface area contributed by atoms with Crippen molar-refractivity contribution in [2.75, 3.05) is 0 Å². The van der Waals surface area contributed by atoms with Gasteiger partial charge >= 0.3 is 18.0 Å². The minimum atomic E-state index is -1.32. The molecule has 0 aliphatic heterocycles. The number of para-hydroxylation sites is 1. The molecule has 0 aliphatic carbocycles. The number of rotatable bonds is 14. The average Bonchev–Trinajstić information content (AvgIpc) is 3.59. The second-order valence-corrected chi connectivity index (χ2v) is 14.1. The molecule has 294 valence electrons. The zero-order valence-electron chi connectivity index (χ0n) is 31.3. The van der Waals surface area contributed by atoms with E-state index in [9.17, 15) is 28.4 Å². The Balaban J connectivity index is 1.22. The number of ether oxygens (including phenoxy) is 4. The molecule has 14 heteroatoms. The van der Waals surface area contributed by atoms with Crippen molar-refractivity contribution < 1.29 is 46.9 Å². The van der Waals surface area contributed by atoms with Gasteiger partial charge in [-0.15, -0.1) is 0 Å². The topological polar surface area (TPSA) is 175 Å². The highest BCUT2D eigenvalue weighted by Gasteiger charge is 2.31. The molecule has 3 N–H and O–H groups in total. The first kappa shape index (κ1) is 39.7. The smallest absolute Gasteiger partial charge is 0.408 e. The molecule has 0 saturated carbocycles. The molecular formula is C43H40FN3O10. The van der Waals surface area contributed by atoms with Crippen LogP contribution in [0.15, 0.2) is 119 Å². The summed E-state index contributed by atoms with van der Waals surface area (Å²) in [5.74, 6) is -2.62. The lowest BCUT2D eigenvalue weighted by Gasteiger charge is -2.23. The fraction of sp³-hybridized carbons (Fsp3) is 0.233. The maximum Gasteiger partial charge on any atom is 0.408 e. The Labute approximate surface area is 326 Å². The van der Waals surface area contributed by atoms with Crippen LogP contribution >= 0.6 is 0 Å². The zero-order chi connectivity index (χ0) is 40.5. The van der Waals surface area contributed by atoms with E-state index in [1.807, 2.05) is 30.3 Å². The number of nitrogens with one attached hydrogen (secondary N) is 3. The summed E-state index contributed by atoms with van der Waals surface area (Å²) >= 11 is 0. The van der Waals surface area contributed by atoms with Gasteiger partial charge in [0.2, 0.25) is 17.1 Å². The molecule has 2 heterocycles. The number of esters is 2. The Kier molecular flexibility index (Phi) is 12.3. The second-order valence-electron chi connectivity index (χ2n) is 14.1. The summed E-state index contributed by atoms with van der Waals surface area (Å²) in [6.45, 7) is 5.05. The van der Waals surface area contributed by atoms with Crippen LogP contribution in [0.4, 0.5) is 9.18 Å². The van der Waals surface area contributed by atoms with Crippen LogP contribution in [0.3, 0.4) is 0 Å². The molecule has 0 aliphatic rings. The third kappa shape index (κ3) is 10.8. The van der Waals surface area contributed by atoms with Crippen molar-refractivity contribution in [1.29, 1.82) is 0 Å². The molecule has 6 rings (SSSR count). The maximum absolute atomic E-state index is 14.0. The second kappa shape index (κ2) is 17.7. The average molecular weight is 778 g/mol. The van der Waals surface area contributed by atoms with Gasteiger partial charge in [-0.2, -0.15) is 0 Å². The third-order valence-electron chi connectivity index (χ3n) is 8.55. The summed E-state index contributed by atoms with van der Waals surface area (Å²) in [7, 11) is 0. The predicted molar refractivity (Wildman–Crippen MR) is 207 cm³/mol. The largest absolute Gasteiger partial charge is 0.460 e. The first-order valence-corrected chi connectivity index (χ1v) is 18.1. The molecule has 2 amide bonds. The van der Waals surface area contributed by atoms with Crippen LogP contribution in [-0.2, 0) is 36.9 Å². The quantitative estimate of drug-likeness (QED) is 0.0755. The zero-order valence-corrected chi connectivity index (χ0v) is 31.3. The van der Waals surface area contributed by atoms with E-state index in [2.05, 4.69) is 15.6 Å². The number of carbonyl (C=O) groups excluding carboxylic acids is 4. The molecule has 4 aromatic carbocycles. The van der Waals surface area contributed by atoms with Crippen LogP contribution in [-0.4, -0.2) is 46.6 Å². The van der Waals surface area contributed by atoms with Crippen LogP contribution in [0.2, 0.25) is 0 Å². The van der Waals surface area contributed by atoms with Crippen LogP contribution in [0.5, 0.6) is 17.2 Å². The lowest BCUT2D eigenvalue weighted by atomic mass is 10.0. The van der Waals surface area contributed by atoms with Gasteiger partial charge in [0.1, 0.15) is 53.5 Å². The van der Waals surface area contributed by atoms with Gasteiger partial charge in [-0.3, -0.25) is 14.4 Å². The van der Waals surface area contributed by atoms with Gasteiger partial charge in [0.25, 0.3) is 0 Å². The van der Waals surface area contributed by atoms with Gasteiger partial charge in [-0.25, -0.2) is 14.0 Å². The molecule has 6 aromatic rings. The maximum atomic E-state index is 14.0. The first-order valence-electron chi connectivity index (χ1n) is 18.1. The molecule has 2 aromatic heterocycles. The van der Waals surface area contributed by atoms with Crippen LogP contribution in [0, 0.1) is 5.82 Å². The summed E-state index contributed by atoms with van der Waals surface area (Å²) in [4.78, 5) is 69.9. The lowest BCUT2D eigenvalue weighted by molar-refractivity contribution is -0.155. The number of H-pyrrole nitrogens is 1. The first-order chi connectivity index (χ1) is 27.3. The standard InChI is InChI=1S/C43H40FN3O10/c1-43(2,3)57-38(48)20-19-34(47-42(52)54-24-26-9-5-4-6-10-26)40(50)46-35(21-27-23-45-33-12-8-7-11-31(27)33)41(51)56-30-17-18-32-36(22-30)53-25-37(39(32)49)55-29-15-13-28(44)14-16-29/h4-18,22-23,25,34-35,45H,19-21,24H2,1-3H3,(H,46,50)(H,47,52)/t34-,35-/m1/s1. The fourth-order valence-electron chi connectivity index (χ4n) is 5.86. The van der Waals surface area contributed by atoms with Gasteiger partial charge < -0.3 is 39.0 Å². The SMILES string of the molecule is CC(C)(C)OC(=O)CC[C@@H](NC(=O)OCc1ccccc1)C(=O)N[C@H](Cc1c[nH]c2ccccc12)C(=O)Oc1ccc2c(=O)c(Oc3ccc(F)cc3)coc2c1. The number of hydrogen-bond acceptors (Lipinski definition) is 10. The van der Waals surface area contributed by atoms with Gasteiger partial charge in [-0.05, 0) is 80.8 Å². The molecule has 0 radical (unpaired) electrons. The van der Waals surface area contributed by atoms with E-state index in [0.717, 1.165) is 22.7 Å². The number of amides is 2. The third-order valence-corrected chi connectivity index (χ3v) is 8.55. The van der Waals surface area contributed by atoms with Crippen molar-refractivity contribution in [3.05, 3.63) is 137 Å². The van der Waals surface area contributed by atoms with Crippen molar-refractivity contribution in [3.8, 4) is 17.2 Å². The van der Waals surface area contributed by atoms with E-state index < -0.39 is 52.9 Å². The van der Waals surface area contributed by atoms with Gasteiger partial charge in [0.15, 0.2) is 0 Å². The van der Waals surface area contributed by atoms with Crippen molar-refractivity contribution in [2.45, 2.75) is 64.3 Å². The Morgan fingerprint density at radius 2 is 1.56 bits per heavy atom. The number of benzene rings is 4. The molecule has 0 fully saturated rings. The van der Waals surface area contributed by atoms with Crippen molar-refractivity contribution in [1.82, 2.24) is 15.6 Å². The Bertz CT molecular complexity index is 2440. The molecule has 13 nitrogen and oxygen atoms in total. The summed E-state index contributed by atoms with van der Waals surface area (Å²) in [5.41, 5.74) is 0.985. The summed E-state index contributed by atoms with van der Waals surface area (Å²) in [6, 6.07) is 23.0. The minimum absolute atomic E-state index is 0.00474. The van der Waals surface area contributed by atoms with Gasteiger partial charge in [-0.1, -0.05) is 48.5 Å². The van der Waals surface area contributed by atoms with Crippen molar-refractivity contribution in [3.63, 3.8) is 0 Å². The summed E-state index contributed by atoms with van der Waals surface area (Å²) < 4.78 is 41.1. The van der Waals surface area contributed by atoms with E-state index in [4.69, 9.17) is 23.4 Å². The van der Waals surface area contributed by atoms with E-state index >= 15 is 0 Å². The Morgan fingerprint density at radius 3 is 2.32 bits per heavy atom. The normalized spacial score (nSPS) is 12.4. The van der Waals surface area contributed by atoms with Crippen molar-refractivity contribution in [2.24, 2.45) is 0 Å². The summed E-state index contributed by atoms with van der Waals surface area (Å²) in [6.07, 6.45) is 1.46. The predicted octanol–water partition coefficient (Wildman–Crippen LogP) is 7.26. The monoisotopic (exact) mass is 777 g/mol. The highest BCUT2D eigenvalue weighted by Crippen LogP contribution is 2.25. The van der Waals surface area contributed by atoms with Crippen molar-refractivity contribution >= 4 is 45.8 Å². The highest BCUT2D eigenvalue weighted by atomic mass is 19.1. The van der Waals surface area contributed by atoms with E-state index in [-0.39, 0.29) is 54.1 Å². The molecular weight excluding hydrogens is 737 g/mol. The molecule has 0 saturated heterocycles. The number of aromatic nitrogens is 1. The number of carbonyl (C=O) groups is 4. The molecule has 0 unspecified atom stereocenters. The lowest BCUT2D eigenvalue weighted by Crippen LogP contribution is -2.53. The molecule has 0 spiro atoms. The highest BCUT2D eigenvalue weighted by molar-refractivity contribution is 5.92. The minimum Gasteiger partial charge on any atom is -0.460 e. The van der Waals surface area contributed by atoms with E-state index in [0.29, 0.717) is 5.56 Å². The van der Waals surface area contributed by atoms with Crippen LogP contribution < -0.4 is 25.5 Å². The van der Waals surface area contributed by atoms with Gasteiger partial charge in [0, 0.05) is 36.0 Å². The van der Waals surface area contributed by atoms with Gasteiger partial charge in [0.05, 0.1) is 5.39 Å². The van der Waals surface area contributed by atoms with E-state index in [1.54, 1.807) is 51.2 Å². The Hall–Kier alpha value is -6.96. The molecule has 57 heavy (non-hydrogen) atoms. The number of hydrogen-bond donors (Lipinski definition) is 3. The fourth-order valence-corrected chi connectivity index (χ4v) is 5.86. The number of halogens is 1. The van der Waals surface area contributed by atoms with E-state index in [1.165, 1.54) is 42.5 Å². The molecule has 0 bridgehead atoms. The number of fused-ring (bicyclic) bond motifs is 2.